The van der Waals surface area contributed by atoms with Crippen molar-refractivity contribution in [3.8, 4) is 0 Å². The molecule has 1 heterocycles. The summed E-state index contributed by atoms with van der Waals surface area (Å²) in [6.45, 7) is -1.52. The summed E-state index contributed by atoms with van der Waals surface area (Å²) >= 11 is 5.46. The Kier molecular flexibility index (Phi) is 4.23. The predicted octanol–water partition coefficient (Wildman–Crippen LogP) is 3.68. The molecule has 0 spiro atoms. The minimum atomic E-state index is -4.47. The van der Waals surface area contributed by atoms with E-state index in [1.165, 1.54) is 6.26 Å². The molecule has 1 amide bonds. The first-order valence-electron chi connectivity index (χ1n) is 5.80. The summed E-state index contributed by atoms with van der Waals surface area (Å²) < 4.78 is 42.6. The molecule has 0 aliphatic heterocycles. The van der Waals surface area contributed by atoms with Crippen molar-refractivity contribution in [1.29, 1.82) is 0 Å². The zero-order chi connectivity index (χ0) is 14.8. The van der Waals surface area contributed by atoms with Crippen LogP contribution in [0.15, 0.2) is 34.9 Å². The van der Waals surface area contributed by atoms with Crippen LogP contribution < -0.4 is 0 Å². The van der Waals surface area contributed by atoms with Gasteiger partial charge >= 0.3 is 6.18 Å². The Hall–Kier alpha value is -1.69. The molecule has 0 atom stereocenters. The summed E-state index contributed by atoms with van der Waals surface area (Å²) in [4.78, 5) is 12.9. The molecule has 1 aromatic carbocycles. The van der Waals surface area contributed by atoms with E-state index in [0.717, 1.165) is 0 Å². The van der Waals surface area contributed by atoms with Gasteiger partial charge in [0.15, 0.2) is 0 Å². The lowest BCUT2D eigenvalue weighted by Crippen LogP contribution is -2.40. The number of amides is 1. The number of hydrogen-bond donors (Lipinski definition) is 0. The van der Waals surface area contributed by atoms with E-state index >= 15 is 0 Å². The average Bonchev–Trinajstić information content (AvgIpc) is 2.79. The topological polar surface area (TPSA) is 33.5 Å². The van der Waals surface area contributed by atoms with E-state index in [9.17, 15) is 18.0 Å². The van der Waals surface area contributed by atoms with Gasteiger partial charge in [0.2, 0.25) is 0 Å². The second-order valence-electron chi connectivity index (χ2n) is 4.18. The van der Waals surface area contributed by atoms with Crippen molar-refractivity contribution >= 4 is 28.5 Å². The third-order valence-corrected chi connectivity index (χ3v) is 2.89. The lowest BCUT2D eigenvalue weighted by Gasteiger charge is -2.22. The normalized spacial score (nSPS) is 11.8. The van der Waals surface area contributed by atoms with Crippen molar-refractivity contribution in [2.75, 3.05) is 19.0 Å². The summed E-state index contributed by atoms with van der Waals surface area (Å²) in [7, 11) is 0. The summed E-state index contributed by atoms with van der Waals surface area (Å²) in [5.41, 5.74) is 0.559. The molecule has 0 radical (unpaired) electrons. The van der Waals surface area contributed by atoms with Gasteiger partial charge in [0.25, 0.3) is 5.91 Å². The number of fused-ring (bicyclic) bond motifs is 1. The van der Waals surface area contributed by atoms with Gasteiger partial charge in [-0.2, -0.15) is 13.2 Å². The van der Waals surface area contributed by atoms with Crippen molar-refractivity contribution in [3.63, 3.8) is 0 Å². The number of nitrogens with zero attached hydrogens (tertiary/aromatic N) is 1. The number of halogens is 4. The Morgan fingerprint density at radius 3 is 2.65 bits per heavy atom. The molecule has 0 saturated heterocycles. The van der Waals surface area contributed by atoms with E-state index < -0.39 is 18.6 Å². The standard InChI is InChI=1S/C13H11ClF3NO2/c14-5-6-18(8-13(15,16)17)12(19)10-7-20-11-4-2-1-3-9(10)11/h1-4,7H,5-6,8H2. The van der Waals surface area contributed by atoms with Crippen LogP contribution in [0.5, 0.6) is 0 Å². The molecule has 0 aliphatic carbocycles. The van der Waals surface area contributed by atoms with Gasteiger partial charge in [0.1, 0.15) is 18.4 Å². The van der Waals surface area contributed by atoms with Gasteiger partial charge < -0.3 is 9.32 Å². The fraction of sp³-hybridized carbons (Fsp3) is 0.308. The third-order valence-electron chi connectivity index (χ3n) is 2.72. The van der Waals surface area contributed by atoms with E-state index in [1.807, 2.05) is 0 Å². The molecule has 0 N–H and O–H groups in total. The van der Waals surface area contributed by atoms with Crippen LogP contribution in [0.2, 0.25) is 0 Å². The number of para-hydroxylation sites is 1. The monoisotopic (exact) mass is 305 g/mol. The molecule has 3 nitrogen and oxygen atoms in total. The molecule has 0 unspecified atom stereocenters. The number of hydrogen-bond acceptors (Lipinski definition) is 2. The molecule has 2 rings (SSSR count). The van der Waals surface area contributed by atoms with Crippen molar-refractivity contribution in [3.05, 3.63) is 36.1 Å². The van der Waals surface area contributed by atoms with E-state index in [0.29, 0.717) is 15.9 Å². The first kappa shape index (κ1) is 14.7. The molecular weight excluding hydrogens is 295 g/mol. The van der Waals surface area contributed by atoms with Gasteiger partial charge in [-0.15, -0.1) is 11.6 Å². The number of carbonyl (C=O) groups is 1. The lowest BCUT2D eigenvalue weighted by molar-refractivity contribution is -0.140. The summed E-state index contributed by atoms with van der Waals surface area (Å²) in [5, 5.41) is 0.485. The molecule has 0 aliphatic rings. The van der Waals surface area contributed by atoms with Gasteiger partial charge in [-0.05, 0) is 6.07 Å². The fourth-order valence-electron chi connectivity index (χ4n) is 1.88. The minimum absolute atomic E-state index is 0.0718. The highest BCUT2D eigenvalue weighted by molar-refractivity contribution is 6.18. The van der Waals surface area contributed by atoms with Crippen LogP contribution in [0.4, 0.5) is 13.2 Å². The van der Waals surface area contributed by atoms with Crippen molar-refractivity contribution < 1.29 is 22.4 Å². The second-order valence-corrected chi connectivity index (χ2v) is 4.55. The number of carbonyl (C=O) groups excluding carboxylic acids is 1. The van der Waals surface area contributed by atoms with E-state index in [4.69, 9.17) is 16.0 Å². The van der Waals surface area contributed by atoms with Crippen LogP contribution in [-0.4, -0.2) is 36.0 Å². The average molecular weight is 306 g/mol. The van der Waals surface area contributed by atoms with E-state index in [1.54, 1.807) is 24.3 Å². The highest BCUT2D eigenvalue weighted by atomic mass is 35.5. The summed E-state index contributed by atoms with van der Waals surface area (Å²) in [6, 6.07) is 6.66. The van der Waals surface area contributed by atoms with Crippen LogP contribution in [0.3, 0.4) is 0 Å². The lowest BCUT2D eigenvalue weighted by atomic mass is 10.1. The van der Waals surface area contributed by atoms with Crippen LogP contribution in [0.25, 0.3) is 11.0 Å². The van der Waals surface area contributed by atoms with Crippen LogP contribution in [0.1, 0.15) is 10.4 Å². The first-order valence-corrected chi connectivity index (χ1v) is 6.34. The molecule has 0 bridgehead atoms. The maximum atomic E-state index is 12.5. The van der Waals surface area contributed by atoms with E-state index in [-0.39, 0.29) is 18.0 Å². The molecule has 0 fully saturated rings. The number of rotatable bonds is 4. The Morgan fingerprint density at radius 2 is 2.00 bits per heavy atom. The summed E-state index contributed by atoms with van der Waals surface area (Å²) in [5.74, 6) is -0.814. The van der Waals surface area contributed by atoms with Crippen molar-refractivity contribution in [1.82, 2.24) is 4.90 Å². The predicted molar refractivity (Wildman–Crippen MR) is 68.9 cm³/mol. The Balaban J connectivity index is 2.31. The van der Waals surface area contributed by atoms with Gasteiger partial charge in [0, 0.05) is 17.8 Å². The van der Waals surface area contributed by atoms with Crippen LogP contribution in [-0.2, 0) is 0 Å². The highest BCUT2D eigenvalue weighted by Gasteiger charge is 2.33. The van der Waals surface area contributed by atoms with Crippen LogP contribution >= 0.6 is 11.6 Å². The molecule has 108 valence electrons. The van der Waals surface area contributed by atoms with E-state index in [2.05, 4.69) is 0 Å². The fourth-order valence-corrected chi connectivity index (χ4v) is 2.09. The van der Waals surface area contributed by atoms with Gasteiger partial charge in [-0.25, -0.2) is 0 Å². The number of alkyl halides is 4. The zero-order valence-electron chi connectivity index (χ0n) is 10.3. The first-order chi connectivity index (χ1) is 9.42. The Bertz CT molecular complexity index is 609. The SMILES string of the molecule is O=C(c1coc2ccccc12)N(CCCl)CC(F)(F)F. The van der Waals surface area contributed by atoms with Crippen LogP contribution in [0, 0.1) is 0 Å². The molecule has 1 aromatic heterocycles. The molecule has 0 saturated carbocycles. The molecule has 2 aromatic rings. The smallest absolute Gasteiger partial charge is 0.406 e. The van der Waals surface area contributed by atoms with Gasteiger partial charge in [-0.1, -0.05) is 18.2 Å². The van der Waals surface area contributed by atoms with Crippen molar-refractivity contribution in [2.45, 2.75) is 6.18 Å². The number of furan rings is 1. The third kappa shape index (κ3) is 3.25. The zero-order valence-corrected chi connectivity index (χ0v) is 11.0. The molecular formula is C13H11ClF3NO2. The Labute approximate surface area is 117 Å². The maximum Gasteiger partial charge on any atom is 0.406 e. The largest absolute Gasteiger partial charge is 0.463 e. The highest BCUT2D eigenvalue weighted by Crippen LogP contribution is 2.24. The van der Waals surface area contributed by atoms with Gasteiger partial charge in [-0.3, -0.25) is 4.79 Å². The van der Waals surface area contributed by atoms with Crippen molar-refractivity contribution in [2.24, 2.45) is 0 Å². The van der Waals surface area contributed by atoms with Gasteiger partial charge in [0.05, 0.1) is 5.56 Å². The maximum absolute atomic E-state index is 12.5. The minimum Gasteiger partial charge on any atom is -0.463 e. The molecule has 20 heavy (non-hydrogen) atoms. The summed E-state index contributed by atoms with van der Waals surface area (Å²) in [6.07, 6.45) is -3.30. The Morgan fingerprint density at radius 1 is 1.30 bits per heavy atom. The number of benzene rings is 1. The molecule has 7 heteroatoms. The quantitative estimate of drug-likeness (QED) is 0.807. The second kappa shape index (κ2) is 5.75.